The van der Waals surface area contributed by atoms with Crippen LogP contribution in [-0.4, -0.2) is 134 Å². The van der Waals surface area contributed by atoms with Crippen LogP contribution in [0.4, 0.5) is 5.69 Å². The van der Waals surface area contributed by atoms with E-state index in [2.05, 4.69) is 0 Å². The van der Waals surface area contributed by atoms with Gasteiger partial charge in [-0.2, -0.15) is 0 Å². The molecule has 1 unspecified atom stereocenters. The zero-order valence-electron chi connectivity index (χ0n) is 25.3. The Bertz CT molecular complexity index is 1260. The minimum Gasteiger partial charge on any atom is -0.463 e. The van der Waals surface area contributed by atoms with E-state index in [0.717, 1.165) is 38.2 Å². The number of hydrogen-bond donors (Lipinski definition) is 5. The van der Waals surface area contributed by atoms with Crippen LogP contribution in [0.5, 0.6) is 0 Å². The van der Waals surface area contributed by atoms with E-state index in [0.29, 0.717) is 5.69 Å². The molecule has 0 bridgehead atoms. The lowest BCUT2D eigenvalue weighted by molar-refractivity contribution is -0.300. The Morgan fingerprint density at radius 1 is 0.933 bits per heavy atom. The molecule has 16 nitrogen and oxygen atoms in total. The van der Waals surface area contributed by atoms with Gasteiger partial charge in [0.25, 0.3) is 0 Å². The van der Waals surface area contributed by atoms with Crippen molar-refractivity contribution in [3.05, 3.63) is 29.8 Å². The molecule has 0 aromatic heterocycles. The Kier molecular flexibility index (Phi) is 11.8. The highest BCUT2D eigenvalue weighted by Crippen LogP contribution is 2.40. The SMILES string of the molecule is CC(=O)OC[C@H]1O[C@@H](N2C(=S)N(c3ccc(C)cc3)CC2(O)[C@@H](O)[C@H](O)[C@H](O)CO)[C@H](OC(C)=O)[C@@H](OC(C)=O)[C@@H]1OC(C)=O. The van der Waals surface area contributed by atoms with Gasteiger partial charge >= 0.3 is 23.9 Å². The van der Waals surface area contributed by atoms with Crippen LogP contribution in [0.2, 0.25) is 0 Å². The molecule has 3 rings (SSSR count). The van der Waals surface area contributed by atoms with Gasteiger partial charge in [-0.1, -0.05) is 17.7 Å². The molecule has 9 atom stereocenters. The Labute approximate surface area is 264 Å². The fourth-order valence-corrected chi connectivity index (χ4v) is 5.60. The Morgan fingerprint density at radius 3 is 1.98 bits per heavy atom. The molecule has 45 heavy (non-hydrogen) atoms. The first-order valence-electron chi connectivity index (χ1n) is 13.9. The number of benzene rings is 1. The zero-order valence-corrected chi connectivity index (χ0v) is 26.1. The second-order valence-electron chi connectivity index (χ2n) is 10.7. The number of aryl methyl sites for hydroxylation is 1. The van der Waals surface area contributed by atoms with E-state index < -0.39 is 98.3 Å². The molecule has 17 heteroatoms. The van der Waals surface area contributed by atoms with Gasteiger partial charge in [0, 0.05) is 33.4 Å². The highest BCUT2D eigenvalue weighted by molar-refractivity contribution is 7.80. The third kappa shape index (κ3) is 8.04. The van der Waals surface area contributed by atoms with Crippen LogP contribution in [0.3, 0.4) is 0 Å². The monoisotopic (exact) mass is 658 g/mol. The third-order valence-electron chi connectivity index (χ3n) is 7.19. The molecule has 0 aliphatic carbocycles. The highest BCUT2D eigenvalue weighted by Gasteiger charge is 2.63. The van der Waals surface area contributed by atoms with E-state index in [9.17, 15) is 44.7 Å². The smallest absolute Gasteiger partial charge is 0.303 e. The number of ether oxygens (including phenoxy) is 5. The van der Waals surface area contributed by atoms with Gasteiger partial charge in [-0.25, -0.2) is 0 Å². The van der Waals surface area contributed by atoms with E-state index in [1.165, 1.54) is 4.90 Å². The summed E-state index contributed by atoms with van der Waals surface area (Å²) in [7, 11) is 0. The third-order valence-corrected chi connectivity index (χ3v) is 7.61. The summed E-state index contributed by atoms with van der Waals surface area (Å²) in [6.07, 6.45) is -14.4. The van der Waals surface area contributed by atoms with Crippen LogP contribution in [0.1, 0.15) is 33.3 Å². The predicted octanol–water partition coefficient (Wildman–Crippen LogP) is -1.75. The lowest BCUT2D eigenvalue weighted by Crippen LogP contribution is -2.72. The Balaban J connectivity index is 2.25. The summed E-state index contributed by atoms with van der Waals surface area (Å²) in [6, 6.07) is 6.80. The number of aliphatic hydroxyl groups excluding tert-OH is 4. The quantitative estimate of drug-likeness (QED) is 0.101. The molecule has 0 saturated carbocycles. The second kappa shape index (κ2) is 14.8. The van der Waals surface area contributed by atoms with Crippen molar-refractivity contribution < 1.29 is 68.4 Å². The van der Waals surface area contributed by atoms with Crippen LogP contribution in [-0.2, 0) is 42.9 Å². The minimum atomic E-state index is -2.65. The number of β-amino-alcohol motifs (C(OH)–C–C–N with tert-alkyl or cyclic N) is 1. The van der Waals surface area contributed by atoms with Gasteiger partial charge < -0.3 is 54.1 Å². The molecule has 2 aliphatic rings. The second-order valence-corrected chi connectivity index (χ2v) is 11.1. The number of nitrogens with zero attached hydrogens (tertiary/aromatic N) is 2. The number of carbonyl (C=O) groups excluding carboxylic acids is 4. The van der Waals surface area contributed by atoms with Crippen molar-refractivity contribution in [3.8, 4) is 0 Å². The molecule has 2 aliphatic heterocycles. The normalized spacial score (nSPS) is 28.6. The van der Waals surface area contributed by atoms with Gasteiger partial charge in [0.15, 0.2) is 35.4 Å². The predicted molar refractivity (Wildman–Crippen MR) is 155 cm³/mol. The van der Waals surface area contributed by atoms with E-state index >= 15 is 0 Å². The van der Waals surface area contributed by atoms with Gasteiger partial charge in [0.1, 0.15) is 31.0 Å². The Hall–Kier alpha value is -3.45. The average molecular weight is 659 g/mol. The number of anilines is 1. The molecule has 2 saturated heterocycles. The molecular weight excluding hydrogens is 620 g/mol. The van der Waals surface area contributed by atoms with E-state index in [-0.39, 0.29) is 5.11 Å². The van der Waals surface area contributed by atoms with Crippen LogP contribution in [0, 0.1) is 6.92 Å². The fraction of sp³-hybridized carbons (Fsp3) is 0.607. The molecule has 2 heterocycles. The number of aliphatic hydroxyl groups is 5. The first-order valence-corrected chi connectivity index (χ1v) is 14.3. The number of rotatable bonds is 11. The summed E-state index contributed by atoms with van der Waals surface area (Å²) < 4.78 is 27.7. The summed E-state index contributed by atoms with van der Waals surface area (Å²) in [5.41, 5.74) is -1.35. The number of thiocarbonyl (C=S) groups is 1. The van der Waals surface area contributed by atoms with Crippen molar-refractivity contribution in [1.82, 2.24) is 4.90 Å². The van der Waals surface area contributed by atoms with Crippen molar-refractivity contribution in [2.45, 2.75) is 89.3 Å². The molecule has 2 fully saturated rings. The van der Waals surface area contributed by atoms with Crippen molar-refractivity contribution in [1.29, 1.82) is 0 Å². The number of carbonyl (C=O) groups is 4. The maximum atomic E-state index is 12.4. The van der Waals surface area contributed by atoms with E-state index in [1.807, 2.05) is 6.92 Å². The van der Waals surface area contributed by atoms with Gasteiger partial charge in [0.05, 0.1) is 13.2 Å². The molecule has 0 radical (unpaired) electrons. The summed E-state index contributed by atoms with van der Waals surface area (Å²) >= 11 is 5.73. The van der Waals surface area contributed by atoms with Crippen molar-refractivity contribution in [3.63, 3.8) is 0 Å². The summed E-state index contributed by atoms with van der Waals surface area (Å²) in [5.74, 6) is -3.43. The number of hydrogen-bond acceptors (Lipinski definition) is 15. The van der Waals surface area contributed by atoms with Crippen molar-refractivity contribution in [2.75, 3.05) is 24.7 Å². The van der Waals surface area contributed by atoms with Gasteiger partial charge in [-0.05, 0) is 31.3 Å². The molecule has 0 amide bonds. The average Bonchev–Trinajstić information content (AvgIpc) is 3.23. The van der Waals surface area contributed by atoms with Crippen LogP contribution in [0.25, 0.3) is 0 Å². The molecule has 0 spiro atoms. The standard InChI is InChI=1S/C28H38N2O14S/c1-13-6-8-18(9-7-13)29-12-28(39,25(38)21(37)19(36)10-31)30(27(29)45)26-24(43-17(5)35)23(42-16(4)34)22(41-15(3)33)20(44-26)11-40-14(2)32/h6-9,19-26,31,36-39H,10-12H2,1-5H3/t19-,20-,21-,22-,23+,24-,25+,26-,28?/m1/s1. The lowest BCUT2D eigenvalue weighted by Gasteiger charge is -2.50. The maximum Gasteiger partial charge on any atom is 0.303 e. The van der Waals surface area contributed by atoms with Gasteiger partial charge in [-0.3, -0.25) is 24.1 Å². The lowest BCUT2D eigenvalue weighted by atomic mass is 9.93. The molecule has 5 N–H and O–H groups in total. The molecule has 1 aromatic carbocycles. The van der Waals surface area contributed by atoms with Gasteiger partial charge in [0.2, 0.25) is 0 Å². The van der Waals surface area contributed by atoms with Crippen molar-refractivity contribution >= 4 is 46.9 Å². The largest absolute Gasteiger partial charge is 0.463 e. The van der Waals surface area contributed by atoms with Crippen LogP contribution < -0.4 is 4.90 Å². The van der Waals surface area contributed by atoms with Gasteiger partial charge in [-0.15, -0.1) is 0 Å². The minimum absolute atomic E-state index is 0.244. The van der Waals surface area contributed by atoms with E-state index in [1.54, 1.807) is 24.3 Å². The summed E-state index contributed by atoms with van der Waals surface area (Å²) in [5, 5.41) is 53.5. The van der Waals surface area contributed by atoms with E-state index in [4.69, 9.17) is 35.9 Å². The summed E-state index contributed by atoms with van der Waals surface area (Å²) in [6.45, 7) is 3.93. The highest BCUT2D eigenvalue weighted by atomic mass is 32.1. The first-order chi connectivity index (χ1) is 21.0. The van der Waals surface area contributed by atoms with Crippen molar-refractivity contribution in [2.24, 2.45) is 0 Å². The number of esters is 4. The first kappa shape index (κ1) is 36.0. The van der Waals surface area contributed by atoms with Crippen LogP contribution in [0.15, 0.2) is 24.3 Å². The maximum absolute atomic E-state index is 12.4. The zero-order chi connectivity index (χ0) is 33.8. The molecule has 1 aromatic rings. The topological polar surface area (TPSA) is 222 Å². The summed E-state index contributed by atoms with van der Waals surface area (Å²) in [4.78, 5) is 50.8. The Morgan fingerprint density at radius 2 is 1.47 bits per heavy atom. The fourth-order valence-electron chi connectivity index (χ4n) is 5.17. The van der Waals surface area contributed by atoms with Crippen LogP contribution >= 0.6 is 12.2 Å². The molecule has 250 valence electrons. The molecular formula is C28H38N2O14S.